The summed E-state index contributed by atoms with van der Waals surface area (Å²) in [6, 6.07) is 12.7. The smallest absolute Gasteiger partial charge is 0.334 e. The van der Waals surface area contributed by atoms with Gasteiger partial charge in [-0.25, -0.2) is 4.79 Å². The van der Waals surface area contributed by atoms with E-state index in [0.29, 0.717) is 24.3 Å². The van der Waals surface area contributed by atoms with Crippen LogP contribution in [0.2, 0.25) is 0 Å². The minimum atomic E-state index is -0.302. The van der Waals surface area contributed by atoms with Crippen LogP contribution < -0.4 is 4.74 Å². The normalized spacial score (nSPS) is 24.2. The van der Waals surface area contributed by atoms with E-state index in [1.54, 1.807) is 7.11 Å². The number of hydrogen-bond donors (Lipinski definition) is 0. The second kappa shape index (κ2) is 9.09. The van der Waals surface area contributed by atoms with Gasteiger partial charge in [-0.05, 0) is 71.6 Å². The highest BCUT2D eigenvalue weighted by molar-refractivity contribution is 6.00. The summed E-state index contributed by atoms with van der Waals surface area (Å²) >= 11 is 0. The number of ketones is 1. The number of fused-ring (bicyclic) bond motifs is 1. The van der Waals surface area contributed by atoms with E-state index in [1.807, 2.05) is 6.07 Å². The first-order chi connectivity index (χ1) is 15.3. The molecule has 4 heteroatoms. The fourth-order valence-corrected chi connectivity index (χ4v) is 5.42. The number of benzene rings is 2. The zero-order valence-corrected chi connectivity index (χ0v) is 19.6. The maximum atomic E-state index is 12.9. The molecular formula is C28H34O4. The highest BCUT2D eigenvalue weighted by atomic mass is 16.5. The Bertz CT molecular complexity index is 1050. The van der Waals surface area contributed by atoms with Gasteiger partial charge in [0.05, 0.1) is 7.11 Å². The minimum Gasteiger partial charge on any atom is -0.497 e. The van der Waals surface area contributed by atoms with Crippen molar-refractivity contribution in [3.05, 3.63) is 53.6 Å². The highest BCUT2D eigenvalue weighted by Gasteiger charge is 2.42. The summed E-state index contributed by atoms with van der Waals surface area (Å²) < 4.78 is 11.5. The van der Waals surface area contributed by atoms with E-state index in [4.69, 9.17) is 9.47 Å². The Balaban J connectivity index is 1.60. The van der Waals surface area contributed by atoms with Crippen molar-refractivity contribution in [1.29, 1.82) is 0 Å². The third-order valence-corrected chi connectivity index (χ3v) is 7.50. The molecule has 2 aromatic carbocycles. The number of carbonyl (C=O) groups excluding carboxylic acids is 2. The number of ether oxygens (including phenoxy) is 2. The molecule has 2 aliphatic carbocycles. The van der Waals surface area contributed by atoms with Gasteiger partial charge in [-0.1, -0.05) is 51.5 Å². The molecule has 0 bridgehead atoms. The number of allylic oxidation sites excluding steroid dienone is 1. The summed E-state index contributed by atoms with van der Waals surface area (Å²) in [5.41, 5.74) is 1.63. The number of carbonyl (C=O) groups is 2. The van der Waals surface area contributed by atoms with Crippen LogP contribution in [0.5, 0.6) is 5.75 Å². The molecule has 0 saturated heterocycles. The van der Waals surface area contributed by atoms with E-state index < -0.39 is 0 Å². The fourth-order valence-electron chi connectivity index (χ4n) is 5.42. The molecule has 0 aliphatic heterocycles. The quantitative estimate of drug-likeness (QED) is 0.529. The Hall–Kier alpha value is -2.62. The van der Waals surface area contributed by atoms with Crippen LogP contribution >= 0.6 is 0 Å². The lowest BCUT2D eigenvalue weighted by Gasteiger charge is -2.44. The fraction of sp³-hybridized carbons (Fsp3) is 0.500. The number of methoxy groups -OCH3 is 1. The first-order valence-corrected chi connectivity index (χ1v) is 11.8. The first kappa shape index (κ1) is 22.6. The minimum absolute atomic E-state index is 0.0323. The lowest BCUT2D eigenvalue weighted by atomic mass is 9.64. The molecule has 32 heavy (non-hydrogen) atoms. The van der Waals surface area contributed by atoms with Crippen LogP contribution in [0, 0.1) is 11.8 Å². The molecule has 0 radical (unpaired) electrons. The topological polar surface area (TPSA) is 52.6 Å². The van der Waals surface area contributed by atoms with Gasteiger partial charge in [-0.2, -0.15) is 0 Å². The van der Waals surface area contributed by atoms with E-state index in [1.165, 1.54) is 17.0 Å². The summed E-state index contributed by atoms with van der Waals surface area (Å²) in [5.74, 6) is 1.32. The highest BCUT2D eigenvalue weighted by Crippen LogP contribution is 2.44. The molecule has 0 unspecified atom stereocenters. The zero-order valence-electron chi connectivity index (χ0n) is 19.6. The van der Waals surface area contributed by atoms with Crippen molar-refractivity contribution in [2.45, 2.75) is 70.8 Å². The number of esters is 1. The Kier molecular flexibility index (Phi) is 6.41. The molecule has 3 atom stereocenters. The largest absolute Gasteiger partial charge is 0.497 e. The molecule has 2 aliphatic rings. The number of rotatable bonds is 5. The van der Waals surface area contributed by atoms with Gasteiger partial charge in [-0.3, -0.25) is 4.79 Å². The summed E-state index contributed by atoms with van der Waals surface area (Å²) in [5, 5.41) is 2.33. The maximum Gasteiger partial charge on any atom is 0.334 e. The van der Waals surface area contributed by atoms with Gasteiger partial charge in [0.2, 0.25) is 0 Å². The SMILES string of the molecule is COc1ccc2cc(C(C)(C)[C@@H]3CC[C@@H](C)C[C@H]3OC(=O)C3=CC(=O)CCC3)ccc2c1. The van der Waals surface area contributed by atoms with Crippen molar-refractivity contribution in [3.63, 3.8) is 0 Å². The van der Waals surface area contributed by atoms with Gasteiger partial charge in [0.15, 0.2) is 5.78 Å². The Labute approximate surface area is 191 Å². The summed E-state index contributed by atoms with van der Waals surface area (Å²) in [6.45, 7) is 6.77. The molecule has 4 rings (SSSR count). The molecule has 0 amide bonds. The summed E-state index contributed by atoms with van der Waals surface area (Å²) in [7, 11) is 1.68. The van der Waals surface area contributed by atoms with Crippen LogP contribution in [0.1, 0.15) is 64.9 Å². The zero-order chi connectivity index (χ0) is 22.9. The average Bonchev–Trinajstić information content (AvgIpc) is 2.78. The monoisotopic (exact) mass is 434 g/mol. The van der Waals surface area contributed by atoms with Crippen LogP contribution in [0.4, 0.5) is 0 Å². The lowest BCUT2D eigenvalue weighted by molar-refractivity contribution is -0.152. The predicted molar refractivity (Wildman–Crippen MR) is 127 cm³/mol. The average molecular weight is 435 g/mol. The van der Waals surface area contributed by atoms with Crippen LogP contribution in [0.3, 0.4) is 0 Å². The van der Waals surface area contributed by atoms with Crippen molar-refractivity contribution in [2.24, 2.45) is 11.8 Å². The Morgan fingerprint density at radius 1 is 1.03 bits per heavy atom. The molecule has 0 spiro atoms. The molecular weight excluding hydrogens is 400 g/mol. The van der Waals surface area contributed by atoms with Crippen LogP contribution in [0.25, 0.3) is 10.8 Å². The van der Waals surface area contributed by atoms with Crippen molar-refractivity contribution in [1.82, 2.24) is 0 Å². The van der Waals surface area contributed by atoms with E-state index in [9.17, 15) is 9.59 Å². The number of hydrogen-bond acceptors (Lipinski definition) is 4. The third kappa shape index (κ3) is 4.60. The third-order valence-electron chi connectivity index (χ3n) is 7.50. The van der Waals surface area contributed by atoms with Crippen molar-refractivity contribution in [3.8, 4) is 5.75 Å². The predicted octanol–water partition coefficient (Wildman–Crippen LogP) is 6.15. The Morgan fingerprint density at radius 3 is 2.53 bits per heavy atom. The summed E-state index contributed by atoms with van der Waals surface area (Å²) in [4.78, 5) is 24.7. The van der Waals surface area contributed by atoms with E-state index in [0.717, 1.165) is 36.8 Å². The van der Waals surface area contributed by atoms with Gasteiger partial charge in [0.25, 0.3) is 0 Å². The lowest BCUT2D eigenvalue weighted by Crippen LogP contribution is -2.43. The summed E-state index contributed by atoms with van der Waals surface area (Å²) in [6.07, 6.45) is 6.26. The van der Waals surface area contributed by atoms with Gasteiger partial charge in [-0.15, -0.1) is 0 Å². The molecule has 4 nitrogen and oxygen atoms in total. The van der Waals surface area contributed by atoms with Gasteiger partial charge in [0, 0.05) is 17.9 Å². The molecule has 0 heterocycles. The molecule has 1 fully saturated rings. The van der Waals surface area contributed by atoms with Crippen LogP contribution in [-0.4, -0.2) is 25.0 Å². The van der Waals surface area contributed by atoms with Gasteiger partial charge >= 0.3 is 5.97 Å². The second-order valence-corrected chi connectivity index (χ2v) is 10.1. The van der Waals surface area contributed by atoms with Crippen LogP contribution in [-0.2, 0) is 19.7 Å². The molecule has 170 valence electrons. The van der Waals surface area contributed by atoms with E-state index in [2.05, 4.69) is 51.1 Å². The van der Waals surface area contributed by atoms with Crippen molar-refractivity contribution in [2.75, 3.05) is 7.11 Å². The maximum absolute atomic E-state index is 12.9. The van der Waals surface area contributed by atoms with Crippen LogP contribution in [0.15, 0.2) is 48.0 Å². The van der Waals surface area contributed by atoms with E-state index >= 15 is 0 Å². The van der Waals surface area contributed by atoms with Gasteiger partial charge < -0.3 is 9.47 Å². The molecule has 0 N–H and O–H groups in total. The van der Waals surface area contributed by atoms with Crippen molar-refractivity contribution >= 4 is 22.5 Å². The first-order valence-electron chi connectivity index (χ1n) is 11.8. The van der Waals surface area contributed by atoms with E-state index in [-0.39, 0.29) is 29.2 Å². The van der Waals surface area contributed by atoms with Crippen molar-refractivity contribution < 1.29 is 19.1 Å². The Morgan fingerprint density at radius 2 is 1.78 bits per heavy atom. The molecule has 0 aromatic heterocycles. The second-order valence-electron chi connectivity index (χ2n) is 10.1. The molecule has 1 saturated carbocycles. The standard InChI is InChI=1S/C28H34O4/c1-18-8-13-25(26(14-18)32-27(30)21-6-5-7-23(29)16-21)28(2,3)22-11-9-20-17-24(31-4)12-10-19(20)15-22/h9-12,15-18,25-26H,5-8,13-14H2,1-4H3/t18-,25-,26-/m1/s1. The molecule has 2 aromatic rings. The van der Waals surface area contributed by atoms with Gasteiger partial charge in [0.1, 0.15) is 11.9 Å².